The zero-order chi connectivity index (χ0) is 9.10. The normalized spacial score (nSPS) is 23.2. The molecule has 4 nitrogen and oxygen atoms in total. The number of rotatable bonds is 1. The van der Waals surface area contributed by atoms with Crippen molar-refractivity contribution < 1.29 is 4.74 Å². The lowest BCUT2D eigenvalue weighted by Gasteiger charge is -2.32. The second kappa shape index (κ2) is 3.70. The van der Waals surface area contributed by atoms with Crippen LogP contribution >= 0.6 is 0 Å². The van der Waals surface area contributed by atoms with Gasteiger partial charge in [-0.15, -0.1) is 0 Å². The van der Waals surface area contributed by atoms with Crippen molar-refractivity contribution in [3.8, 4) is 0 Å². The molecule has 13 heavy (non-hydrogen) atoms. The lowest BCUT2D eigenvalue weighted by molar-refractivity contribution is 0.0504. The number of hydrogen-bond donors (Lipinski definition) is 2. The molecule has 2 rings (SSSR count). The first-order valence-electron chi connectivity index (χ1n) is 4.60. The van der Waals surface area contributed by atoms with Gasteiger partial charge in [0.15, 0.2) is 0 Å². The fraction of sp³-hybridized carbons (Fsp3) is 0.556. The molecule has 0 amide bonds. The van der Waals surface area contributed by atoms with E-state index in [1.807, 2.05) is 12.2 Å². The maximum atomic E-state index is 5.72. The average Bonchev–Trinajstić information content (AvgIpc) is 2.19. The van der Waals surface area contributed by atoms with E-state index >= 15 is 0 Å². The van der Waals surface area contributed by atoms with Crippen LogP contribution in [0.15, 0.2) is 23.7 Å². The van der Waals surface area contributed by atoms with Gasteiger partial charge in [-0.05, 0) is 6.08 Å². The molecule has 0 aromatic rings. The molecule has 4 heteroatoms. The molecule has 0 unspecified atom stereocenters. The number of dihydropyridines is 1. The van der Waals surface area contributed by atoms with Crippen LogP contribution in [0.5, 0.6) is 0 Å². The number of morpholine rings is 1. The fourth-order valence-corrected chi connectivity index (χ4v) is 1.55. The Kier molecular flexibility index (Phi) is 2.40. The largest absolute Gasteiger partial charge is 0.399 e. The van der Waals surface area contributed by atoms with E-state index < -0.39 is 0 Å². The summed E-state index contributed by atoms with van der Waals surface area (Å²) in [6.07, 6.45) is 3.96. The molecule has 0 atom stereocenters. The van der Waals surface area contributed by atoms with Gasteiger partial charge in [-0.2, -0.15) is 0 Å². The van der Waals surface area contributed by atoms with Crippen molar-refractivity contribution in [2.75, 3.05) is 32.8 Å². The highest BCUT2D eigenvalue weighted by Crippen LogP contribution is 2.08. The molecule has 0 saturated carbocycles. The predicted octanol–water partition coefficient (Wildman–Crippen LogP) is -0.394. The molecule has 0 aromatic heterocycles. The molecule has 3 N–H and O–H groups in total. The molecular weight excluding hydrogens is 166 g/mol. The van der Waals surface area contributed by atoms with Crippen LogP contribution < -0.4 is 11.1 Å². The molecule has 0 aromatic carbocycles. The molecule has 0 spiro atoms. The number of nitrogens with zero attached hydrogens (tertiary/aromatic N) is 1. The van der Waals surface area contributed by atoms with E-state index in [1.165, 1.54) is 0 Å². The highest BCUT2D eigenvalue weighted by molar-refractivity contribution is 5.24. The predicted molar refractivity (Wildman–Crippen MR) is 50.7 cm³/mol. The van der Waals surface area contributed by atoms with E-state index in [1.54, 1.807) is 0 Å². The van der Waals surface area contributed by atoms with E-state index in [0.29, 0.717) is 0 Å². The molecule has 0 aliphatic carbocycles. The van der Waals surface area contributed by atoms with Crippen LogP contribution in [-0.2, 0) is 4.74 Å². The molecule has 2 aliphatic heterocycles. The van der Waals surface area contributed by atoms with Crippen molar-refractivity contribution in [3.05, 3.63) is 23.7 Å². The van der Waals surface area contributed by atoms with Crippen LogP contribution in [0.25, 0.3) is 0 Å². The van der Waals surface area contributed by atoms with Crippen molar-refractivity contribution in [1.82, 2.24) is 10.2 Å². The first-order chi connectivity index (χ1) is 6.36. The maximum Gasteiger partial charge on any atom is 0.104 e. The number of nitrogens with one attached hydrogen (secondary N) is 1. The summed E-state index contributed by atoms with van der Waals surface area (Å²) in [5.41, 5.74) is 6.57. The van der Waals surface area contributed by atoms with E-state index in [4.69, 9.17) is 10.5 Å². The summed E-state index contributed by atoms with van der Waals surface area (Å²) in [4.78, 5) is 2.27. The zero-order valence-electron chi connectivity index (χ0n) is 7.62. The van der Waals surface area contributed by atoms with E-state index in [0.717, 1.165) is 44.4 Å². The standard InChI is InChI=1S/C9H15N3O/c10-8-1-2-11-9(7-8)12-3-5-13-6-4-12/h1,7,11H,2-6,10H2. The van der Waals surface area contributed by atoms with Gasteiger partial charge in [-0.25, -0.2) is 0 Å². The average molecular weight is 181 g/mol. The second-order valence-corrected chi connectivity index (χ2v) is 3.21. The van der Waals surface area contributed by atoms with E-state index in [-0.39, 0.29) is 0 Å². The molecule has 1 saturated heterocycles. The molecular formula is C9H15N3O. The highest BCUT2D eigenvalue weighted by atomic mass is 16.5. The molecule has 0 bridgehead atoms. The van der Waals surface area contributed by atoms with Crippen molar-refractivity contribution in [2.24, 2.45) is 5.73 Å². The van der Waals surface area contributed by atoms with Crippen molar-refractivity contribution in [1.29, 1.82) is 0 Å². The zero-order valence-corrected chi connectivity index (χ0v) is 7.62. The summed E-state index contributed by atoms with van der Waals surface area (Å²) in [5.74, 6) is 1.13. The number of hydrogen-bond acceptors (Lipinski definition) is 4. The Balaban J connectivity index is 2.02. The fourth-order valence-electron chi connectivity index (χ4n) is 1.55. The van der Waals surface area contributed by atoms with Gasteiger partial charge in [0.05, 0.1) is 13.2 Å². The lowest BCUT2D eigenvalue weighted by Crippen LogP contribution is -2.41. The molecule has 2 heterocycles. The lowest BCUT2D eigenvalue weighted by atomic mass is 10.3. The van der Waals surface area contributed by atoms with Gasteiger partial charge in [0.1, 0.15) is 5.82 Å². The summed E-state index contributed by atoms with van der Waals surface area (Å²) in [7, 11) is 0. The summed E-state index contributed by atoms with van der Waals surface area (Å²) in [6, 6.07) is 0. The van der Waals surface area contributed by atoms with Gasteiger partial charge in [0, 0.05) is 31.4 Å². The van der Waals surface area contributed by atoms with Crippen LogP contribution in [0, 0.1) is 0 Å². The maximum absolute atomic E-state index is 5.72. The van der Waals surface area contributed by atoms with Gasteiger partial charge >= 0.3 is 0 Å². The Hall–Kier alpha value is -1.16. The highest BCUT2D eigenvalue weighted by Gasteiger charge is 2.14. The Bertz CT molecular complexity index is 241. The third-order valence-corrected chi connectivity index (χ3v) is 2.28. The molecule has 1 fully saturated rings. The van der Waals surface area contributed by atoms with Crippen LogP contribution in [-0.4, -0.2) is 37.7 Å². The summed E-state index contributed by atoms with van der Waals surface area (Å²) in [6.45, 7) is 4.35. The summed E-state index contributed by atoms with van der Waals surface area (Å²) >= 11 is 0. The summed E-state index contributed by atoms with van der Waals surface area (Å²) < 4.78 is 5.27. The topological polar surface area (TPSA) is 50.5 Å². The monoisotopic (exact) mass is 181 g/mol. The Morgan fingerprint density at radius 3 is 2.85 bits per heavy atom. The van der Waals surface area contributed by atoms with E-state index in [2.05, 4.69) is 10.2 Å². The smallest absolute Gasteiger partial charge is 0.104 e. The van der Waals surface area contributed by atoms with Gasteiger partial charge in [-0.3, -0.25) is 0 Å². The first-order valence-corrected chi connectivity index (χ1v) is 4.60. The Morgan fingerprint density at radius 2 is 2.15 bits per heavy atom. The Morgan fingerprint density at radius 1 is 1.38 bits per heavy atom. The minimum absolute atomic E-state index is 0.808. The van der Waals surface area contributed by atoms with Crippen molar-refractivity contribution >= 4 is 0 Å². The van der Waals surface area contributed by atoms with Crippen LogP contribution in [0.1, 0.15) is 0 Å². The van der Waals surface area contributed by atoms with Crippen molar-refractivity contribution in [3.63, 3.8) is 0 Å². The number of allylic oxidation sites excluding steroid dienone is 1. The number of nitrogens with two attached hydrogens (primary N) is 1. The van der Waals surface area contributed by atoms with Crippen LogP contribution in [0.2, 0.25) is 0 Å². The van der Waals surface area contributed by atoms with E-state index in [9.17, 15) is 0 Å². The SMILES string of the molecule is NC1=CCNC(N2CCOCC2)=C1. The first kappa shape index (κ1) is 8.44. The molecule has 2 aliphatic rings. The number of ether oxygens (including phenoxy) is 1. The minimum Gasteiger partial charge on any atom is -0.399 e. The van der Waals surface area contributed by atoms with Crippen LogP contribution in [0.4, 0.5) is 0 Å². The van der Waals surface area contributed by atoms with Gasteiger partial charge in [-0.1, -0.05) is 0 Å². The third-order valence-electron chi connectivity index (χ3n) is 2.28. The van der Waals surface area contributed by atoms with Crippen molar-refractivity contribution in [2.45, 2.75) is 0 Å². The minimum atomic E-state index is 0.808. The summed E-state index contributed by atoms with van der Waals surface area (Å²) in [5, 5.41) is 3.29. The van der Waals surface area contributed by atoms with Gasteiger partial charge in [0.25, 0.3) is 0 Å². The second-order valence-electron chi connectivity index (χ2n) is 3.21. The third kappa shape index (κ3) is 1.95. The van der Waals surface area contributed by atoms with Gasteiger partial charge < -0.3 is 20.7 Å². The van der Waals surface area contributed by atoms with Gasteiger partial charge in [0.2, 0.25) is 0 Å². The molecule has 0 radical (unpaired) electrons. The quantitative estimate of drug-likeness (QED) is 0.578. The van der Waals surface area contributed by atoms with Crippen LogP contribution in [0.3, 0.4) is 0 Å². The Labute approximate surface area is 78.0 Å². The molecule has 72 valence electrons.